The summed E-state index contributed by atoms with van der Waals surface area (Å²) in [5, 5.41) is 10.1. The highest BCUT2D eigenvalue weighted by Crippen LogP contribution is 2.46. The first-order chi connectivity index (χ1) is 8.69. The fourth-order valence-corrected chi connectivity index (χ4v) is 2.87. The first kappa shape index (κ1) is 15.7. The zero-order chi connectivity index (χ0) is 14.8. The summed E-state index contributed by atoms with van der Waals surface area (Å²) < 4.78 is 9.48. The van der Waals surface area contributed by atoms with E-state index >= 15 is 0 Å². The van der Waals surface area contributed by atoms with Crippen LogP contribution in [0.1, 0.15) is 33.1 Å². The van der Waals surface area contributed by atoms with Crippen molar-refractivity contribution in [2.45, 2.75) is 38.7 Å². The third kappa shape index (κ3) is 2.81. The molecule has 0 heterocycles. The van der Waals surface area contributed by atoms with Crippen LogP contribution in [0.5, 0.6) is 0 Å². The molecule has 1 aliphatic rings. The first-order valence-corrected chi connectivity index (χ1v) is 6.26. The minimum absolute atomic E-state index is 0.144. The number of rotatable bonds is 3. The van der Waals surface area contributed by atoms with Crippen LogP contribution in [0.3, 0.4) is 0 Å². The van der Waals surface area contributed by atoms with Gasteiger partial charge in [-0.3, -0.25) is 9.59 Å². The van der Waals surface area contributed by atoms with Crippen molar-refractivity contribution in [2.24, 2.45) is 11.3 Å². The second-order valence-corrected chi connectivity index (χ2v) is 5.65. The molecule has 0 aromatic rings. The van der Waals surface area contributed by atoms with Crippen molar-refractivity contribution < 1.29 is 24.2 Å². The molecular formula is C14H22O5. The minimum Gasteiger partial charge on any atom is -0.468 e. The summed E-state index contributed by atoms with van der Waals surface area (Å²) >= 11 is 0. The van der Waals surface area contributed by atoms with Gasteiger partial charge in [0.25, 0.3) is 0 Å². The van der Waals surface area contributed by atoms with E-state index in [-0.39, 0.29) is 12.3 Å². The maximum atomic E-state index is 12.0. The Bertz CT molecular complexity index is 375. The van der Waals surface area contributed by atoms with Gasteiger partial charge in [0.2, 0.25) is 0 Å². The largest absolute Gasteiger partial charge is 0.468 e. The van der Waals surface area contributed by atoms with E-state index in [4.69, 9.17) is 9.47 Å². The van der Waals surface area contributed by atoms with Gasteiger partial charge in [0.1, 0.15) is 0 Å². The molecule has 1 atom stereocenters. The highest BCUT2D eigenvalue weighted by atomic mass is 16.5. The van der Waals surface area contributed by atoms with Gasteiger partial charge >= 0.3 is 11.9 Å². The molecule has 5 heteroatoms. The number of carbonyl (C=O) groups excluding carboxylic acids is 2. The smallest absolute Gasteiger partial charge is 0.323 e. The van der Waals surface area contributed by atoms with E-state index in [9.17, 15) is 14.7 Å². The number of ether oxygens (including phenoxy) is 2. The zero-order valence-electron chi connectivity index (χ0n) is 12.0. The lowest BCUT2D eigenvalue weighted by atomic mass is 9.64. The topological polar surface area (TPSA) is 72.8 Å². The normalized spacial score (nSPS) is 22.8. The summed E-state index contributed by atoms with van der Waals surface area (Å²) in [5.41, 5.74) is -1.56. The fourth-order valence-electron chi connectivity index (χ4n) is 2.87. The van der Waals surface area contributed by atoms with E-state index in [1.165, 1.54) is 14.2 Å². The lowest BCUT2D eigenvalue weighted by Gasteiger charge is -2.41. The van der Waals surface area contributed by atoms with E-state index in [0.717, 1.165) is 0 Å². The standard InChI is InChI=1S/C14H22O5/c1-9-8-14(11(15)18-4,12(16)19-5)7-6-10(9)13(2,3)17/h10,17H,1,6-8H2,2-5H3. The van der Waals surface area contributed by atoms with Crippen LogP contribution in [0.2, 0.25) is 0 Å². The number of methoxy groups -OCH3 is 2. The summed E-state index contributed by atoms with van der Waals surface area (Å²) in [6, 6.07) is 0. The molecule has 0 aliphatic heterocycles. The molecule has 19 heavy (non-hydrogen) atoms. The molecule has 0 bridgehead atoms. The Kier molecular flexibility index (Phi) is 4.40. The molecule has 1 saturated carbocycles. The second-order valence-electron chi connectivity index (χ2n) is 5.65. The maximum Gasteiger partial charge on any atom is 0.323 e. The van der Waals surface area contributed by atoms with Crippen molar-refractivity contribution >= 4 is 11.9 Å². The molecule has 0 spiro atoms. The molecule has 0 aromatic carbocycles. The van der Waals surface area contributed by atoms with E-state index in [2.05, 4.69) is 6.58 Å². The first-order valence-electron chi connectivity index (χ1n) is 6.26. The van der Waals surface area contributed by atoms with Crippen LogP contribution < -0.4 is 0 Å². The quantitative estimate of drug-likeness (QED) is 0.477. The van der Waals surface area contributed by atoms with Crippen molar-refractivity contribution in [3.8, 4) is 0 Å². The Morgan fingerprint density at radius 3 is 2.11 bits per heavy atom. The number of aliphatic hydroxyl groups is 1. The molecule has 5 nitrogen and oxygen atoms in total. The molecule has 0 radical (unpaired) electrons. The van der Waals surface area contributed by atoms with Gasteiger partial charge in [-0.25, -0.2) is 0 Å². The Balaban J connectivity index is 3.05. The van der Waals surface area contributed by atoms with Crippen LogP contribution in [-0.2, 0) is 19.1 Å². The monoisotopic (exact) mass is 270 g/mol. The van der Waals surface area contributed by atoms with Crippen molar-refractivity contribution in [3.63, 3.8) is 0 Å². The van der Waals surface area contributed by atoms with Crippen LogP contribution in [0.25, 0.3) is 0 Å². The third-order valence-corrected chi connectivity index (χ3v) is 3.89. The average molecular weight is 270 g/mol. The van der Waals surface area contributed by atoms with Gasteiger partial charge in [-0.2, -0.15) is 0 Å². The summed E-state index contributed by atoms with van der Waals surface area (Å²) in [7, 11) is 2.50. The van der Waals surface area contributed by atoms with E-state index < -0.39 is 23.0 Å². The van der Waals surface area contributed by atoms with Gasteiger partial charge in [0, 0.05) is 5.92 Å². The Morgan fingerprint density at radius 2 is 1.79 bits per heavy atom. The molecular weight excluding hydrogens is 248 g/mol. The molecule has 1 rings (SSSR count). The Morgan fingerprint density at radius 1 is 1.32 bits per heavy atom. The summed E-state index contributed by atoms with van der Waals surface area (Å²) in [5.74, 6) is -1.35. The number of hydrogen-bond donors (Lipinski definition) is 1. The molecule has 108 valence electrons. The molecule has 1 N–H and O–H groups in total. The lowest BCUT2D eigenvalue weighted by Crippen LogP contribution is -2.47. The number of carbonyl (C=O) groups is 2. The summed E-state index contributed by atoms with van der Waals surface area (Å²) in [4.78, 5) is 23.9. The Hall–Kier alpha value is -1.36. The molecule has 0 saturated heterocycles. The minimum atomic E-state index is -1.32. The summed E-state index contributed by atoms with van der Waals surface area (Å²) in [6.07, 6.45) is 0.938. The van der Waals surface area contributed by atoms with Gasteiger partial charge in [0.05, 0.1) is 19.8 Å². The second kappa shape index (κ2) is 5.33. The highest BCUT2D eigenvalue weighted by Gasteiger charge is 2.53. The zero-order valence-corrected chi connectivity index (χ0v) is 12.0. The fraction of sp³-hybridized carbons (Fsp3) is 0.714. The van der Waals surface area contributed by atoms with Crippen molar-refractivity contribution in [3.05, 3.63) is 12.2 Å². The van der Waals surface area contributed by atoms with Crippen LogP contribution >= 0.6 is 0 Å². The van der Waals surface area contributed by atoms with Gasteiger partial charge in [0.15, 0.2) is 5.41 Å². The van der Waals surface area contributed by atoms with Crippen LogP contribution in [0.15, 0.2) is 12.2 Å². The summed E-state index contributed by atoms with van der Waals surface area (Å²) in [6.45, 7) is 7.32. The molecule has 1 aliphatic carbocycles. The highest BCUT2D eigenvalue weighted by molar-refractivity contribution is 6.00. The Labute approximate surface area is 113 Å². The predicted octanol–water partition coefficient (Wildman–Crippen LogP) is 1.45. The average Bonchev–Trinajstić information content (AvgIpc) is 2.34. The van der Waals surface area contributed by atoms with Crippen LogP contribution in [0, 0.1) is 11.3 Å². The van der Waals surface area contributed by atoms with E-state index in [1.54, 1.807) is 13.8 Å². The van der Waals surface area contributed by atoms with Gasteiger partial charge in [-0.1, -0.05) is 12.2 Å². The molecule has 1 unspecified atom stereocenters. The maximum absolute atomic E-state index is 12.0. The number of esters is 2. The third-order valence-electron chi connectivity index (χ3n) is 3.89. The van der Waals surface area contributed by atoms with Gasteiger partial charge in [-0.15, -0.1) is 0 Å². The van der Waals surface area contributed by atoms with Crippen LogP contribution in [0.4, 0.5) is 0 Å². The lowest BCUT2D eigenvalue weighted by molar-refractivity contribution is -0.172. The molecule has 0 amide bonds. The van der Waals surface area contributed by atoms with E-state index in [1.807, 2.05) is 0 Å². The predicted molar refractivity (Wildman–Crippen MR) is 69.2 cm³/mol. The van der Waals surface area contributed by atoms with Crippen molar-refractivity contribution in [2.75, 3.05) is 14.2 Å². The van der Waals surface area contributed by atoms with Gasteiger partial charge in [-0.05, 0) is 33.1 Å². The molecule has 0 aromatic heterocycles. The SMILES string of the molecule is C=C1CC(C(=O)OC)(C(=O)OC)CCC1C(C)(C)O. The number of hydrogen-bond acceptors (Lipinski definition) is 5. The van der Waals surface area contributed by atoms with Crippen molar-refractivity contribution in [1.82, 2.24) is 0 Å². The van der Waals surface area contributed by atoms with E-state index in [0.29, 0.717) is 18.4 Å². The van der Waals surface area contributed by atoms with Crippen molar-refractivity contribution in [1.29, 1.82) is 0 Å². The van der Waals surface area contributed by atoms with Crippen LogP contribution in [-0.4, -0.2) is 36.9 Å². The van der Waals surface area contributed by atoms with Gasteiger partial charge < -0.3 is 14.6 Å². The molecule has 1 fully saturated rings.